The van der Waals surface area contributed by atoms with Crippen LogP contribution < -0.4 is 10.6 Å². The number of hydrogen-bond acceptors (Lipinski definition) is 3. The van der Waals surface area contributed by atoms with E-state index in [1.165, 1.54) is 0 Å². The predicted octanol–water partition coefficient (Wildman–Crippen LogP) is 0.426. The standard InChI is InChI=1S/C12H24N2O3/c1-11(2,3)10(17)13-8-9(16)14-12(4,5)6-7-15/h15H,6-8H2,1-5H3,(H,13,17)(H,14,16). The summed E-state index contributed by atoms with van der Waals surface area (Å²) in [6.45, 7) is 8.99. The molecule has 0 aromatic rings. The van der Waals surface area contributed by atoms with Crippen LogP contribution in [0.4, 0.5) is 0 Å². The molecule has 0 saturated heterocycles. The van der Waals surface area contributed by atoms with Crippen molar-refractivity contribution < 1.29 is 14.7 Å². The van der Waals surface area contributed by atoms with Crippen molar-refractivity contribution in [3.63, 3.8) is 0 Å². The van der Waals surface area contributed by atoms with E-state index in [0.29, 0.717) is 6.42 Å². The Morgan fingerprint density at radius 1 is 1.12 bits per heavy atom. The summed E-state index contributed by atoms with van der Waals surface area (Å²) in [5.74, 6) is -0.409. The molecule has 0 radical (unpaired) electrons. The fourth-order valence-electron chi connectivity index (χ4n) is 1.19. The number of aliphatic hydroxyl groups excluding tert-OH is 1. The SMILES string of the molecule is CC(C)(CCO)NC(=O)CNC(=O)C(C)(C)C. The van der Waals surface area contributed by atoms with Crippen molar-refractivity contribution in [1.29, 1.82) is 0 Å². The van der Waals surface area contributed by atoms with Crippen LogP contribution in [-0.4, -0.2) is 35.6 Å². The molecule has 0 bridgehead atoms. The van der Waals surface area contributed by atoms with Gasteiger partial charge in [0.1, 0.15) is 0 Å². The number of carbonyl (C=O) groups excluding carboxylic acids is 2. The van der Waals surface area contributed by atoms with Gasteiger partial charge in [0, 0.05) is 17.6 Å². The van der Waals surface area contributed by atoms with Gasteiger partial charge in [-0.15, -0.1) is 0 Å². The second-order valence-corrected chi connectivity index (χ2v) is 5.84. The fraction of sp³-hybridized carbons (Fsp3) is 0.833. The quantitative estimate of drug-likeness (QED) is 0.656. The Morgan fingerprint density at radius 2 is 1.65 bits per heavy atom. The van der Waals surface area contributed by atoms with Crippen LogP contribution >= 0.6 is 0 Å². The molecule has 17 heavy (non-hydrogen) atoms. The molecule has 0 atom stereocenters. The molecule has 0 heterocycles. The topological polar surface area (TPSA) is 78.4 Å². The third kappa shape index (κ3) is 6.94. The fourth-order valence-corrected chi connectivity index (χ4v) is 1.19. The van der Waals surface area contributed by atoms with Crippen molar-refractivity contribution >= 4 is 11.8 Å². The minimum atomic E-state index is -0.499. The summed E-state index contributed by atoms with van der Waals surface area (Å²) in [4.78, 5) is 23.1. The number of aliphatic hydroxyl groups is 1. The number of rotatable bonds is 5. The Morgan fingerprint density at radius 3 is 2.06 bits per heavy atom. The summed E-state index contributed by atoms with van der Waals surface area (Å²) in [5, 5.41) is 14.1. The van der Waals surface area contributed by atoms with Crippen LogP contribution in [0.25, 0.3) is 0 Å². The van der Waals surface area contributed by atoms with Gasteiger partial charge in [-0.3, -0.25) is 9.59 Å². The van der Waals surface area contributed by atoms with Gasteiger partial charge in [0.15, 0.2) is 0 Å². The van der Waals surface area contributed by atoms with Gasteiger partial charge < -0.3 is 15.7 Å². The van der Waals surface area contributed by atoms with Crippen molar-refractivity contribution in [2.45, 2.75) is 46.6 Å². The van der Waals surface area contributed by atoms with Crippen LogP contribution in [0.2, 0.25) is 0 Å². The van der Waals surface area contributed by atoms with Crippen LogP contribution in [0.3, 0.4) is 0 Å². The van der Waals surface area contributed by atoms with E-state index in [2.05, 4.69) is 10.6 Å². The number of nitrogens with one attached hydrogen (secondary N) is 2. The Balaban J connectivity index is 4.09. The molecule has 0 unspecified atom stereocenters. The average Bonchev–Trinajstić information content (AvgIpc) is 2.11. The second-order valence-electron chi connectivity index (χ2n) is 5.84. The largest absolute Gasteiger partial charge is 0.396 e. The van der Waals surface area contributed by atoms with E-state index in [9.17, 15) is 9.59 Å². The van der Waals surface area contributed by atoms with Crippen molar-refractivity contribution in [1.82, 2.24) is 10.6 Å². The third-order valence-corrected chi connectivity index (χ3v) is 2.31. The van der Waals surface area contributed by atoms with Gasteiger partial charge in [0.2, 0.25) is 11.8 Å². The summed E-state index contributed by atoms with van der Waals surface area (Å²) < 4.78 is 0. The second kappa shape index (κ2) is 6.00. The first-order valence-corrected chi connectivity index (χ1v) is 5.79. The first-order chi connectivity index (χ1) is 7.58. The Bertz CT molecular complexity index is 280. The van der Waals surface area contributed by atoms with Crippen LogP contribution in [0.15, 0.2) is 0 Å². The smallest absolute Gasteiger partial charge is 0.239 e. The van der Waals surface area contributed by atoms with Gasteiger partial charge in [-0.25, -0.2) is 0 Å². The van der Waals surface area contributed by atoms with Gasteiger partial charge in [-0.05, 0) is 20.3 Å². The molecule has 0 aliphatic heterocycles. The molecule has 0 spiro atoms. The summed E-state index contributed by atoms with van der Waals surface area (Å²) in [6.07, 6.45) is 0.478. The first-order valence-electron chi connectivity index (χ1n) is 5.79. The number of carbonyl (C=O) groups is 2. The molecular weight excluding hydrogens is 220 g/mol. The summed E-state index contributed by atoms with van der Waals surface area (Å²) in [5.41, 5.74) is -0.959. The van der Waals surface area contributed by atoms with Crippen LogP contribution in [0.5, 0.6) is 0 Å². The van der Waals surface area contributed by atoms with Crippen molar-refractivity contribution in [2.24, 2.45) is 5.41 Å². The predicted molar refractivity (Wildman–Crippen MR) is 66.4 cm³/mol. The highest BCUT2D eigenvalue weighted by Crippen LogP contribution is 2.12. The highest BCUT2D eigenvalue weighted by molar-refractivity contribution is 5.87. The van der Waals surface area contributed by atoms with E-state index in [0.717, 1.165) is 0 Å². The van der Waals surface area contributed by atoms with E-state index in [-0.39, 0.29) is 25.0 Å². The van der Waals surface area contributed by atoms with Gasteiger partial charge in [-0.1, -0.05) is 20.8 Å². The zero-order valence-electron chi connectivity index (χ0n) is 11.4. The zero-order chi connectivity index (χ0) is 13.7. The van der Waals surface area contributed by atoms with Crippen LogP contribution in [-0.2, 0) is 9.59 Å². The lowest BCUT2D eigenvalue weighted by atomic mass is 9.96. The van der Waals surface area contributed by atoms with E-state index in [1.54, 1.807) is 20.8 Å². The molecule has 0 aromatic heterocycles. The van der Waals surface area contributed by atoms with Crippen molar-refractivity contribution in [3.8, 4) is 0 Å². The van der Waals surface area contributed by atoms with E-state index in [1.807, 2.05) is 13.8 Å². The minimum Gasteiger partial charge on any atom is -0.396 e. The molecule has 3 N–H and O–H groups in total. The maximum absolute atomic E-state index is 11.6. The average molecular weight is 244 g/mol. The Hall–Kier alpha value is -1.10. The number of hydrogen-bond donors (Lipinski definition) is 3. The molecular formula is C12H24N2O3. The van der Waals surface area contributed by atoms with Crippen molar-refractivity contribution in [3.05, 3.63) is 0 Å². The molecule has 0 aliphatic rings. The molecule has 0 aliphatic carbocycles. The summed E-state index contributed by atoms with van der Waals surface area (Å²) in [6, 6.07) is 0. The van der Waals surface area contributed by atoms with E-state index in [4.69, 9.17) is 5.11 Å². The lowest BCUT2D eigenvalue weighted by Gasteiger charge is -2.26. The molecule has 0 saturated carbocycles. The van der Waals surface area contributed by atoms with Gasteiger partial charge >= 0.3 is 0 Å². The lowest BCUT2D eigenvalue weighted by Crippen LogP contribution is -2.49. The van der Waals surface area contributed by atoms with E-state index < -0.39 is 11.0 Å². The van der Waals surface area contributed by atoms with Gasteiger partial charge in [0.25, 0.3) is 0 Å². The van der Waals surface area contributed by atoms with Crippen LogP contribution in [0.1, 0.15) is 41.0 Å². The van der Waals surface area contributed by atoms with Gasteiger partial charge in [0.05, 0.1) is 6.54 Å². The maximum Gasteiger partial charge on any atom is 0.239 e. The molecule has 0 rings (SSSR count). The Kier molecular flexibility index (Phi) is 5.61. The highest BCUT2D eigenvalue weighted by Gasteiger charge is 2.23. The zero-order valence-corrected chi connectivity index (χ0v) is 11.4. The summed E-state index contributed by atoms with van der Waals surface area (Å²) in [7, 11) is 0. The number of amides is 2. The van der Waals surface area contributed by atoms with E-state index >= 15 is 0 Å². The molecule has 5 heteroatoms. The minimum absolute atomic E-state index is 0.0155. The van der Waals surface area contributed by atoms with Crippen molar-refractivity contribution in [2.75, 3.05) is 13.2 Å². The Labute approximate surface area is 103 Å². The van der Waals surface area contributed by atoms with Gasteiger partial charge in [-0.2, -0.15) is 0 Å². The molecule has 5 nitrogen and oxygen atoms in total. The highest BCUT2D eigenvalue weighted by atomic mass is 16.3. The third-order valence-electron chi connectivity index (χ3n) is 2.31. The molecule has 0 fully saturated rings. The van der Waals surface area contributed by atoms with Crippen LogP contribution in [0, 0.1) is 5.41 Å². The monoisotopic (exact) mass is 244 g/mol. The summed E-state index contributed by atoms with van der Waals surface area (Å²) >= 11 is 0. The molecule has 0 aromatic carbocycles. The lowest BCUT2D eigenvalue weighted by molar-refractivity contribution is -0.131. The molecule has 2 amide bonds. The molecule has 100 valence electrons. The first kappa shape index (κ1) is 15.9. The normalized spacial score (nSPS) is 12.1. The maximum atomic E-state index is 11.6.